The summed E-state index contributed by atoms with van der Waals surface area (Å²) in [5, 5.41) is 14.0. The molecule has 0 spiro atoms. The number of hydrogen-bond donors (Lipinski definition) is 1. The third-order valence-corrected chi connectivity index (χ3v) is 3.27. The second-order valence-corrected chi connectivity index (χ2v) is 4.62. The number of rotatable bonds is 2. The maximum Gasteiger partial charge on any atom is 0.132 e. The number of aromatic nitrogens is 2. The van der Waals surface area contributed by atoms with E-state index in [0.717, 1.165) is 10.9 Å². The average Bonchev–Trinajstić information content (AvgIpc) is 2.78. The standard InChI is InChI=1S/C15H12F2N2O/c1-19-7-11-10(3-2-4-15(11)18-19)9-5-13(16)12(8-20)14(17)6-9/h2-7,20H,8H2,1H3. The Labute approximate surface area is 114 Å². The fourth-order valence-corrected chi connectivity index (χ4v) is 2.32. The lowest BCUT2D eigenvalue weighted by Crippen LogP contribution is -1.96. The molecule has 0 aliphatic carbocycles. The van der Waals surface area contributed by atoms with Crippen molar-refractivity contribution in [1.82, 2.24) is 9.78 Å². The molecule has 3 rings (SSSR count). The molecular formula is C15H12F2N2O. The molecule has 0 bridgehead atoms. The Morgan fingerprint density at radius 2 is 1.90 bits per heavy atom. The summed E-state index contributed by atoms with van der Waals surface area (Å²) >= 11 is 0. The first-order chi connectivity index (χ1) is 9.60. The van der Waals surface area contributed by atoms with Crippen molar-refractivity contribution in [3.05, 3.63) is 53.7 Å². The van der Waals surface area contributed by atoms with Crippen LogP contribution in [-0.2, 0) is 13.7 Å². The third-order valence-electron chi connectivity index (χ3n) is 3.27. The molecular weight excluding hydrogens is 262 g/mol. The Kier molecular flexibility index (Phi) is 2.99. The van der Waals surface area contributed by atoms with Crippen LogP contribution in [0.1, 0.15) is 5.56 Å². The molecule has 0 saturated carbocycles. The van der Waals surface area contributed by atoms with E-state index in [1.165, 1.54) is 12.1 Å². The molecule has 0 amide bonds. The van der Waals surface area contributed by atoms with Crippen molar-refractivity contribution in [2.75, 3.05) is 0 Å². The highest BCUT2D eigenvalue weighted by Gasteiger charge is 2.13. The lowest BCUT2D eigenvalue weighted by molar-refractivity contribution is 0.269. The molecule has 3 aromatic rings. The highest BCUT2D eigenvalue weighted by Crippen LogP contribution is 2.30. The van der Waals surface area contributed by atoms with Crippen molar-refractivity contribution < 1.29 is 13.9 Å². The Balaban J connectivity index is 2.25. The van der Waals surface area contributed by atoms with Crippen LogP contribution in [0.2, 0.25) is 0 Å². The molecule has 20 heavy (non-hydrogen) atoms. The summed E-state index contributed by atoms with van der Waals surface area (Å²) in [6.07, 6.45) is 1.81. The zero-order valence-electron chi connectivity index (χ0n) is 10.8. The van der Waals surface area contributed by atoms with E-state index in [9.17, 15) is 8.78 Å². The van der Waals surface area contributed by atoms with Gasteiger partial charge in [-0.15, -0.1) is 0 Å². The molecule has 0 saturated heterocycles. The van der Waals surface area contributed by atoms with Crippen LogP contribution in [0, 0.1) is 11.6 Å². The first kappa shape index (κ1) is 12.7. The molecule has 1 aromatic heterocycles. The van der Waals surface area contributed by atoms with Crippen LogP contribution in [0.4, 0.5) is 8.78 Å². The monoisotopic (exact) mass is 274 g/mol. The van der Waals surface area contributed by atoms with Crippen LogP contribution >= 0.6 is 0 Å². The molecule has 0 atom stereocenters. The maximum atomic E-state index is 13.8. The number of aliphatic hydroxyl groups is 1. The molecule has 0 aliphatic heterocycles. The maximum absolute atomic E-state index is 13.8. The number of hydrogen-bond acceptors (Lipinski definition) is 2. The molecule has 5 heteroatoms. The molecule has 0 aliphatic rings. The molecule has 1 N–H and O–H groups in total. The minimum absolute atomic E-state index is 0.313. The van der Waals surface area contributed by atoms with Gasteiger partial charge in [-0.05, 0) is 29.3 Å². The van der Waals surface area contributed by atoms with Crippen molar-refractivity contribution in [3.8, 4) is 11.1 Å². The number of benzene rings is 2. The van der Waals surface area contributed by atoms with Gasteiger partial charge in [-0.2, -0.15) is 5.10 Å². The lowest BCUT2D eigenvalue weighted by Gasteiger charge is -2.07. The van der Waals surface area contributed by atoms with Crippen LogP contribution in [0.25, 0.3) is 22.0 Å². The summed E-state index contributed by atoms with van der Waals surface area (Å²) in [4.78, 5) is 0. The SMILES string of the molecule is Cn1cc2c(-c3cc(F)c(CO)c(F)c3)cccc2n1. The first-order valence-electron chi connectivity index (χ1n) is 6.11. The minimum atomic E-state index is -0.747. The third kappa shape index (κ3) is 1.96. The summed E-state index contributed by atoms with van der Waals surface area (Å²) in [5.74, 6) is -1.49. The van der Waals surface area contributed by atoms with Gasteiger partial charge in [0.2, 0.25) is 0 Å². The molecule has 0 radical (unpaired) electrons. The van der Waals surface area contributed by atoms with Crippen molar-refractivity contribution in [2.24, 2.45) is 7.05 Å². The van der Waals surface area contributed by atoms with Gasteiger partial charge in [-0.1, -0.05) is 12.1 Å². The van der Waals surface area contributed by atoms with E-state index in [1.807, 2.05) is 6.07 Å². The second kappa shape index (κ2) is 4.68. The van der Waals surface area contributed by atoms with Gasteiger partial charge in [0.15, 0.2) is 0 Å². The largest absolute Gasteiger partial charge is 0.391 e. The number of nitrogens with zero attached hydrogens (tertiary/aromatic N) is 2. The zero-order chi connectivity index (χ0) is 14.3. The Morgan fingerprint density at radius 3 is 2.55 bits per heavy atom. The smallest absolute Gasteiger partial charge is 0.132 e. The van der Waals surface area contributed by atoms with Crippen LogP contribution in [0.5, 0.6) is 0 Å². The summed E-state index contributed by atoms with van der Waals surface area (Å²) < 4.78 is 29.2. The summed E-state index contributed by atoms with van der Waals surface area (Å²) in [6.45, 7) is -0.658. The van der Waals surface area contributed by atoms with Crippen LogP contribution in [0.3, 0.4) is 0 Å². The predicted octanol–water partition coefficient (Wildman–Crippen LogP) is 3.01. The first-order valence-corrected chi connectivity index (χ1v) is 6.11. The van der Waals surface area contributed by atoms with E-state index in [0.29, 0.717) is 11.1 Å². The highest BCUT2D eigenvalue weighted by atomic mass is 19.1. The fraction of sp³-hybridized carbons (Fsp3) is 0.133. The van der Waals surface area contributed by atoms with Gasteiger partial charge in [0.25, 0.3) is 0 Å². The van der Waals surface area contributed by atoms with Gasteiger partial charge in [0.05, 0.1) is 12.1 Å². The van der Waals surface area contributed by atoms with Gasteiger partial charge < -0.3 is 5.11 Å². The van der Waals surface area contributed by atoms with E-state index >= 15 is 0 Å². The lowest BCUT2D eigenvalue weighted by atomic mass is 10.00. The zero-order valence-corrected chi connectivity index (χ0v) is 10.8. The summed E-state index contributed by atoms with van der Waals surface area (Å²) in [7, 11) is 1.79. The summed E-state index contributed by atoms with van der Waals surface area (Å²) in [6, 6.07) is 7.89. The van der Waals surface area contributed by atoms with Gasteiger partial charge in [-0.25, -0.2) is 8.78 Å². The van der Waals surface area contributed by atoms with Crippen molar-refractivity contribution >= 4 is 10.9 Å². The normalized spacial score (nSPS) is 11.2. The predicted molar refractivity (Wildman–Crippen MR) is 72.0 cm³/mol. The van der Waals surface area contributed by atoms with E-state index in [4.69, 9.17) is 5.11 Å². The van der Waals surface area contributed by atoms with Crippen LogP contribution in [0.15, 0.2) is 36.5 Å². The van der Waals surface area contributed by atoms with Gasteiger partial charge in [-0.3, -0.25) is 4.68 Å². The Morgan fingerprint density at radius 1 is 1.20 bits per heavy atom. The van der Waals surface area contributed by atoms with E-state index in [2.05, 4.69) is 5.10 Å². The minimum Gasteiger partial charge on any atom is -0.391 e. The van der Waals surface area contributed by atoms with Crippen molar-refractivity contribution in [1.29, 1.82) is 0 Å². The molecule has 2 aromatic carbocycles. The summed E-state index contributed by atoms with van der Waals surface area (Å²) in [5.41, 5.74) is 1.58. The number of aryl methyl sites for hydroxylation is 1. The molecule has 0 fully saturated rings. The Hall–Kier alpha value is -2.27. The van der Waals surface area contributed by atoms with Crippen molar-refractivity contribution in [2.45, 2.75) is 6.61 Å². The second-order valence-electron chi connectivity index (χ2n) is 4.62. The molecule has 3 nitrogen and oxygen atoms in total. The number of fused-ring (bicyclic) bond motifs is 1. The molecule has 0 unspecified atom stereocenters. The number of halogens is 2. The van der Waals surface area contributed by atoms with Gasteiger partial charge in [0.1, 0.15) is 11.6 Å². The number of aliphatic hydroxyl groups excluding tert-OH is 1. The van der Waals surface area contributed by atoms with Crippen LogP contribution < -0.4 is 0 Å². The fourth-order valence-electron chi connectivity index (χ4n) is 2.32. The quantitative estimate of drug-likeness (QED) is 0.780. The Bertz CT molecular complexity index is 773. The van der Waals surface area contributed by atoms with Crippen LogP contribution in [-0.4, -0.2) is 14.9 Å². The van der Waals surface area contributed by atoms with E-state index in [1.54, 1.807) is 30.1 Å². The van der Waals surface area contributed by atoms with Gasteiger partial charge >= 0.3 is 0 Å². The van der Waals surface area contributed by atoms with E-state index < -0.39 is 18.2 Å². The topological polar surface area (TPSA) is 38.0 Å². The average molecular weight is 274 g/mol. The van der Waals surface area contributed by atoms with Crippen molar-refractivity contribution in [3.63, 3.8) is 0 Å². The highest BCUT2D eigenvalue weighted by molar-refractivity contribution is 5.94. The van der Waals surface area contributed by atoms with E-state index in [-0.39, 0.29) is 5.56 Å². The van der Waals surface area contributed by atoms with Gasteiger partial charge in [0, 0.05) is 24.2 Å². The molecule has 1 heterocycles. The molecule has 102 valence electrons.